The Kier molecular flexibility index (Phi) is 9.23. The first-order valence-electron chi connectivity index (χ1n) is 14.2. The minimum atomic E-state index is -4.12. The van der Waals surface area contributed by atoms with Crippen LogP contribution in [0.1, 0.15) is 32.3 Å². The highest BCUT2D eigenvalue weighted by atomic mass is 32.2. The topological polar surface area (TPSA) is 140 Å². The first-order chi connectivity index (χ1) is 20.3. The van der Waals surface area contributed by atoms with Gasteiger partial charge in [0.1, 0.15) is 6.10 Å². The molecule has 5 rings (SSSR count). The molecule has 14 heteroatoms. The van der Waals surface area contributed by atoms with Crippen molar-refractivity contribution in [3.8, 4) is 0 Å². The van der Waals surface area contributed by atoms with Gasteiger partial charge < -0.3 is 30.4 Å². The smallest absolute Gasteiger partial charge is 0.407 e. The monoisotopic (exact) mass is 627 g/mol. The number of rotatable bonds is 11. The third-order valence-corrected chi connectivity index (χ3v) is 10.0. The van der Waals surface area contributed by atoms with Gasteiger partial charge in [-0.1, -0.05) is 13.8 Å². The third-order valence-electron chi connectivity index (χ3n) is 8.20. The van der Waals surface area contributed by atoms with Crippen LogP contribution < -0.4 is 11.1 Å². The summed E-state index contributed by atoms with van der Waals surface area (Å²) < 4.78 is 87.0. The SMILES string of the molecule is CC(C)CN(C[C@@H](O)[C@H](Cc1cc(F)c(F)c(F)c1)NC(=O)OC1C[C@@H]2CO[C@@H]3OC1C[C@H]23)S(=O)(=O)c1ccc(N)cc1. The van der Waals surface area contributed by atoms with E-state index in [1.165, 1.54) is 24.3 Å². The van der Waals surface area contributed by atoms with E-state index in [0.29, 0.717) is 25.1 Å². The lowest BCUT2D eigenvalue weighted by Gasteiger charge is -2.33. The fourth-order valence-electron chi connectivity index (χ4n) is 6.07. The summed E-state index contributed by atoms with van der Waals surface area (Å²) in [4.78, 5) is 13.1. The highest BCUT2D eigenvalue weighted by molar-refractivity contribution is 7.89. The molecule has 2 unspecified atom stereocenters. The van der Waals surface area contributed by atoms with Crippen molar-refractivity contribution in [3.63, 3.8) is 0 Å². The number of nitrogen functional groups attached to an aromatic ring is 1. The van der Waals surface area contributed by atoms with Crippen LogP contribution in [0, 0.1) is 35.2 Å². The number of nitrogens with two attached hydrogens (primary N) is 1. The summed E-state index contributed by atoms with van der Waals surface area (Å²) in [6.07, 6.45) is -2.87. The Labute approximate surface area is 248 Å². The molecular weight excluding hydrogens is 591 g/mol. The zero-order valence-electron chi connectivity index (χ0n) is 23.8. The van der Waals surface area contributed by atoms with Crippen LogP contribution in [-0.2, 0) is 30.7 Å². The van der Waals surface area contributed by atoms with Gasteiger partial charge in [0.25, 0.3) is 0 Å². The van der Waals surface area contributed by atoms with Gasteiger partial charge in [-0.05, 0) is 73.1 Å². The molecule has 2 aliphatic heterocycles. The number of anilines is 1. The molecule has 2 aromatic carbocycles. The number of carbonyl (C=O) groups is 1. The average molecular weight is 628 g/mol. The van der Waals surface area contributed by atoms with Gasteiger partial charge in [-0.2, -0.15) is 4.31 Å². The number of carbonyl (C=O) groups excluding carboxylic acids is 1. The molecule has 2 aromatic rings. The van der Waals surface area contributed by atoms with Crippen molar-refractivity contribution in [3.05, 3.63) is 59.4 Å². The number of alkyl carbamates (subject to hydrolysis) is 1. The molecule has 3 fully saturated rings. The van der Waals surface area contributed by atoms with E-state index in [2.05, 4.69) is 5.32 Å². The molecule has 7 atom stereocenters. The number of amides is 1. The number of aliphatic hydroxyl groups excluding tert-OH is 1. The quantitative estimate of drug-likeness (QED) is 0.255. The summed E-state index contributed by atoms with van der Waals surface area (Å²) >= 11 is 0. The highest BCUT2D eigenvalue weighted by Crippen LogP contribution is 2.47. The number of hydrogen-bond acceptors (Lipinski definition) is 8. The summed E-state index contributed by atoms with van der Waals surface area (Å²) in [6, 6.07) is 5.81. The van der Waals surface area contributed by atoms with Crippen molar-refractivity contribution in [2.45, 2.75) is 68.6 Å². The molecule has 1 saturated carbocycles. The van der Waals surface area contributed by atoms with Gasteiger partial charge in [-0.15, -0.1) is 0 Å². The van der Waals surface area contributed by atoms with Crippen LogP contribution in [0.3, 0.4) is 0 Å². The Hall–Kier alpha value is -2.91. The van der Waals surface area contributed by atoms with Gasteiger partial charge in [-0.3, -0.25) is 0 Å². The molecule has 0 spiro atoms. The lowest BCUT2D eigenvalue weighted by Crippen LogP contribution is -2.52. The number of ether oxygens (including phenoxy) is 3. The molecule has 0 radical (unpaired) electrons. The van der Waals surface area contributed by atoms with Crippen LogP contribution in [0.2, 0.25) is 0 Å². The van der Waals surface area contributed by atoms with E-state index in [9.17, 15) is 31.5 Å². The van der Waals surface area contributed by atoms with E-state index in [0.717, 1.165) is 16.4 Å². The third kappa shape index (κ3) is 6.93. The number of aliphatic hydroxyl groups is 1. The van der Waals surface area contributed by atoms with Crippen LogP contribution >= 0.6 is 0 Å². The van der Waals surface area contributed by atoms with Gasteiger partial charge in [0, 0.05) is 24.7 Å². The van der Waals surface area contributed by atoms with E-state index in [4.69, 9.17) is 19.9 Å². The molecular formula is C29H36F3N3O7S. The summed E-state index contributed by atoms with van der Waals surface area (Å²) in [5.74, 6) is -4.25. The lowest BCUT2D eigenvalue weighted by molar-refractivity contribution is -0.147. The van der Waals surface area contributed by atoms with E-state index in [-0.39, 0.29) is 53.6 Å². The molecule has 2 bridgehead atoms. The second-order valence-corrected chi connectivity index (χ2v) is 13.8. The minimum Gasteiger partial charge on any atom is -0.443 e. The van der Waals surface area contributed by atoms with Crippen molar-refractivity contribution in [1.29, 1.82) is 0 Å². The van der Waals surface area contributed by atoms with Crippen molar-refractivity contribution >= 4 is 21.8 Å². The van der Waals surface area contributed by atoms with Crippen LogP contribution in [0.4, 0.5) is 23.7 Å². The van der Waals surface area contributed by atoms with E-state index in [1.807, 2.05) is 0 Å². The van der Waals surface area contributed by atoms with Crippen LogP contribution in [0.25, 0.3) is 0 Å². The first kappa shape index (κ1) is 31.5. The molecule has 1 aliphatic carbocycles. The summed E-state index contributed by atoms with van der Waals surface area (Å²) in [5.41, 5.74) is 6.02. The molecule has 3 aliphatic rings. The maximum absolute atomic E-state index is 14.0. The van der Waals surface area contributed by atoms with E-state index >= 15 is 0 Å². The van der Waals surface area contributed by atoms with Crippen molar-refractivity contribution in [2.24, 2.45) is 17.8 Å². The maximum Gasteiger partial charge on any atom is 0.407 e. The van der Waals surface area contributed by atoms with Gasteiger partial charge >= 0.3 is 6.09 Å². The van der Waals surface area contributed by atoms with Crippen molar-refractivity contribution < 1.29 is 45.7 Å². The van der Waals surface area contributed by atoms with Gasteiger partial charge in [0.15, 0.2) is 23.7 Å². The first-order valence-corrected chi connectivity index (χ1v) is 15.7. The van der Waals surface area contributed by atoms with Gasteiger partial charge in [0.2, 0.25) is 10.0 Å². The number of halogens is 3. The average Bonchev–Trinajstić information content (AvgIpc) is 3.49. The minimum absolute atomic E-state index is 0.0215. The number of benzene rings is 2. The Morgan fingerprint density at radius 2 is 1.81 bits per heavy atom. The number of fused-ring (bicyclic) bond motifs is 1. The standard InChI is InChI=1S/C29H36F3N3O7S/c1-15(2)12-35(43(38,39)19-5-3-18(33)4-6-19)13-24(36)23(9-16-7-21(30)27(32)22(31)8-16)34-29(37)42-25-10-17-14-40-28-20(17)11-26(25)41-28/h3-8,15,17,20,23-26,28,36H,9-14,33H2,1-2H3,(H,34,37)/t17-,20-,23+,24-,25?,26?,28-/m1/s1. The van der Waals surface area contributed by atoms with Crippen LogP contribution in [0.5, 0.6) is 0 Å². The van der Waals surface area contributed by atoms with Gasteiger partial charge in [-0.25, -0.2) is 26.4 Å². The molecule has 0 aromatic heterocycles. The zero-order chi connectivity index (χ0) is 31.1. The molecule has 2 heterocycles. The summed E-state index contributed by atoms with van der Waals surface area (Å²) in [7, 11) is -4.12. The second-order valence-electron chi connectivity index (χ2n) is 11.9. The Balaban J connectivity index is 1.36. The predicted octanol–water partition coefficient (Wildman–Crippen LogP) is 3.18. The Bertz CT molecular complexity index is 1400. The molecule has 2 saturated heterocycles. The maximum atomic E-state index is 14.0. The second kappa shape index (κ2) is 12.6. The Morgan fingerprint density at radius 3 is 2.47 bits per heavy atom. The largest absolute Gasteiger partial charge is 0.443 e. The number of sulfonamides is 1. The molecule has 43 heavy (non-hydrogen) atoms. The molecule has 1 amide bonds. The fraction of sp³-hybridized carbons (Fsp3) is 0.552. The highest BCUT2D eigenvalue weighted by Gasteiger charge is 2.54. The number of nitrogens with zero attached hydrogens (tertiary/aromatic N) is 1. The number of nitrogens with one attached hydrogen (secondary N) is 1. The predicted molar refractivity (Wildman–Crippen MR) is 148 cm³/mol. The zero-order valence-corrected chi connectivity index (χ0v) is 24.6. The lowest BCUT2D eigenvalue weighted by atomic mass is 9.80. The van der Waals surface area contributed by atoms with E-state index < -0.39 is 58.4 Å². The van der Waals surface area contributed by atoms with Gasteiger partial charge in [0.05, 0.1) is 29.8 Å². The van der Waals surface area contributed by atoms with Crippen LogP contribution in [0.15, 0.2) is 41.3 Å². The summed E-state index contributed by atoms with van der Waals surface area (Å²) in [5, 5.41) is 13.9. The van der Waals surface area contributed by atoms with Crippen LogP contribution in [-0.4, -0.2) is 74.3 Å². The molecule has 4 N–H and O–H groups in total. The molecule has 10 nitrogen and oxygen atoms in total. The van der Waals surface area contributed by atoms with Crippen molar-refractivity contribution in [1.82, 2.24) is 9.62 Å². The Morgan fingerprint density at radius 1 is 1.14 bits per heavy atom. The van der Waals surface area contributed by atoms with E-state index in [1.54, 1.807) is 13.8 Å². The fourth-order valence-corrected chi connectivity index (χ4v) is 7.69. The normalized spacial score (nSPS) is 26.1. The van der Waals surface area contributed by atoms with Crippen molar-refractivity contribution in [2.75, 3.05) is 25.4 Å². The summed E-state index contributed by atoms with van der Waals surface area (Å²) in [6.45, 7) is 3.65. The molecule has 236 valence electrons. The number of hydrogen-bond donors (Lipinski definition) is 3.